The van der Waals surface area contributed by atoms with Crippen LogP contribution in [-0.2, 0) is 16.1 Å². The van der Waals surface area contributed by atoms with Gasteiger partial charge < -0.3 is 4.74 Å². The van der Waals surface area contributed by atoms with Gasteiger partial charge in [-0.05, 0) is 26.3 Å². The van der Waals surface area contributed by atoms with Crippen molar-refractivity contribution in [2.24, 2.45) is 0 Å². The van der Waals surface area contributed by atoms with Crippen LogP contribution in [0.15, 0.2) is 30.3 Å². The van der Waals surface area contributed by atoms with Crippen LogP contribution in [0, 0.1) is 0 Å². The highest BCUT2D eigenvalue weighted by molar-refractivity contribution is 6.08. The third kappa shape index (κ3) is 3.89. The normalized spacial score (nSPS) is 20.8. The summed E-state index contributed by atoms with van der Waals surface area (Å²) >= 11 is 0. The first kappa shape index (κ1) is 19.5. The van der Waals surface area contributed by atoms with Gasteiger partial charge in [-0.15, -0.1) is 0 Å². The zero-order valence-electron chi connectivity index (χ0n) is 14.3. The van der Waals surface area contributed by atoms with Crippen LogP contribution in [-0.4, -0.2) is 40.4 Å². The Hall–Kier alpha value is -2.78. The molecule has 0 bridgehead atoms. The Labute approximate surface area is 147 Å². The van der Waals surface area contributed by atoms with E-state index in [9.17, 15) is 27.6 Å². The molecule has 1 aliphatic heterocycles. The number of urea groups is 1. The van der Waals surface area contributed by atoms with Crippen LogP contribution in [0.2, 0.25) is 0 Å². The van der Waals surface area contributed by atoms with E-state index in [1.54, 1.807) is 35.6 Å². The fourth-order valence-electron chi connectivity index (χ4n) is 2.29. The fraction of sp³-hybridized carbons (Fsp3) is 0.438. The topological polar surface area (TPSA) is 87.7 Å². The van der Waals surface area contributed by atoms with Gasteiger partial charge in [0.1, 0.15) is 5.60 Å². The lowest BCUT2D eigenvalue weighted by Crippen LogP contribution is -2.69. The summed E-state index contributed by atoms with van der Waals surface area (Å²) in [6.07, 6.45) is -6.76. The van der Waals surface area contributed by atoms with E-state index in [4.69, 9.17) is 4.74 Å². The van der Waals surface area contributed by atoms with E-state index in [2.05, 4.69) is 0 Å². The monoisotopic (exact) mass is 373 g/mol. The predicted octanol–water partition coefficient (Wildman–Crippen LogP) is 2.52. The molecular formula is C16H18F3N3O4. The standard InChI is InChI=1S/C16H18F3N3O4/c1-14(2,3)26-13(25)21-15(16(17,18)19)11(23)22(12(24)20-15)9-10-7-5-4-6-8-10/h4-8H,9H2,1-3H3,(H,20,24)(H,21,25)/t15-/m0/s1. The number of alkyl halides is 3. The van der Waals surface area contributed by atoms with E-state index in [1.165, 1.54) is 26.1 Å². The van der Waals surface area contributed by atoms with E-state index in [1.807, 2.05) is 0 Å². The minimum Gasteiger partial charge on any atom is -0.444 e. The van der Waals surface area contributed by atoms with E-state index in [0.29, 0.717) is 10.5 Å². The van der Waals surface area contributed by atoms with Gasteiger partial charge in [-0.3, -0.25) is 20.3 Å². The lowest BCUT2D eigenvalue weighted by atomic mass is 10.1. The van der Waals surface area contributed by atoms with Gasteiger partial charge in [0.25, 0.3) is 11.6 Å². The maximum Gasteiger partial charge on any atom is 0.440 e. The minimum atomic E-state index is -5.28. The van der Waals surface area contributed by atoms with Crippen LogP contribution < -0.4 is 10.6 Å². The van der Waals surface area contributed by atoms with Crippen LogP contribution in [0.25, 0.3) is 0 Å². The SMILES string of the molecule is CC(C)(C)OC(=O)N[C@@]1(C(F)(F)F)NC(=O)N(Cc2ccccc2)C1=O. The Kier molecular flexibility index (Phi) is 4.89. The van der Waals surface area contributed by atoms with E-state index >= 15 is 0 Å². The summed E-state index contributed by atoms with van der Waals surface area (Å²) in [6.45, 7) is 3.97. The van der Waals surface area contributed by atoms with Crippen molar-refractivity contribution < 1.29 is 32.3 Å². The van der Waals surface area contributed by atoms with Crippen molar-refractivity contribution in [2.45, 2.75) is 44.8 Å². The molecule has 10 heteroatoms. The number of nitrogens with zero attached hydrogens (tertiary/aromatic N) is 1. The maximum atomic E-state index is 13.6. The first-order chi connectivity index (χ1) is 11.9. The van der Waals surface area contributed by atoms with Gasteiger partial charge in [-0.1, -0.05) is 30.3 Å². The summed E-state index contributed by atoms with van der Waals surface area (Å²) in [7, 11) is 0. The molecule has 142 valence electrons. The predicted molar refractivity (Wildman–Crippen MR) is 83.7 cm³/mol. The number of hydrogen-bond donors (Lipinski definition) is 2. The van der Waals surface area contributed by atoms with Gasteiger partial charge in [0.05, 0.1) is 6.54 Å². The molecule has 0 saturated carbocycles. The van der Waals surface area contributed by atoms with Gasteiger partial charge in [0, 0.05) is 0 Å². The second-order valence-corrected chi connectivity index (χ2v) is 6.68. The first-order valence-electron chi connectivity index (χ1n) is 7.62. The molecule has 4 amide bonds. The second kappa shape index (κ2) is 6.50. The molecule has 1 fully saturated rings. The zero-order valence-corrected chi connectivity index (χ0v) is 14.3. The number of carbonyl (C=O) groups excluding carboxylic acids is 3. The quantitative estimate of drug-likeness (QED) is 0.797. The van der Waals surface area contributed by atoms with Gasteiger partial charge in [0.2, 0.25) is 0 Å². The highest BCUT2D eigenvalue weighted by Crippen LogP contribution is 2.34. The summed E-state index contributed by atoms with van der Waals surface area (Å²) in [5.74, 6) is -1.63. The average molecular weight is 373 g/mol. The number of imide groups is 1. The molecule has 2 rings (SSSR count). The second-order valence-electron chi connectivity index (χ2n) is 6.68. The Bertz CT molecular complexity index is 716. The summed E-state index contributed by atoms with van der Waals surface area (Å²) in [5, 5.41) is 3.02. The van der Waals surface area contributed by atoms with Crippen molar-refractivity contribution in [3.63, 3.8) is 0 Å². The highest BCUT2D eigenvalue weighted by atomic mass is 19.4. The molecule has 0 unspecified atom stereocenters. The highest BCUT2D eigenvalue weighted by Gasteiger charge is 2.69. The van der Waals surface area contributed by atoms with Crippen LogP contribution in [0.4, 0.5) is 22.8 Å². The summed E-state index contributed by atoms with van der Waals surface area (Å²) < 4.78 is 45.6. The van der Waals surface area contributed by atoms with E-state index in [-0.39, 0.29) is 6.54 Å². The molecule has 0 radical (unpaired) electrons. The first-order valence-corrected chi connectivity index (χ1v) is 7.62. The average Bonchev–Trinajstić information content (AvgIpc) is 2.71. The minimum absolute atomic E-state index is 0.376. The Morgan fingerprint density at radius 2 is 1.77 bits per heavy atom. The van der Waals surface area contributed by atoms with Gasteiger partial charge in [0.15, 0.2) is 0 Å². The zero-order chi connectivity index (χ0) is 19.8. The molecule has 1 saturated heterocycles. The van der Waals surface area contributed by atoms with E-state index in [0.717, 1.165) is 0 Å². The molecular weight excluding hydrogens is 355 g/mol. The third-order valence-electron chi connectivity index (χ3n) is 3.40. The maximum absolute atomic E-state index is 13.6. The summed E-state index contributed by atoms with van der Waals surface area (Å²) in [6, 6.07) is 6.74. The molecule has 1 aromatic rings. The fourth-order valence-corrected chi connectivity index (χ4v) is 2.29. The molecule has 1 aliphatic rings. The van der Waals surface area contributed by atoms with Crippen LogP contribution in [0.3, 0.4) is 0 Å². The van der Waals surface area contributed by atoms with Crippen molar-refractivity contribution in [1.29, 1.82) is 0 Å². The number of hydrogen-bond acceptors (Lipinski definition) is 4. The van der Waals surface area contributed by atoms with Crippen molar-refractivity contribution in [1.82, 2.24) is 15.5 Å². The molecule has 26 heavy (non-hydrogen) atoms. The molecule has 1 aromatic carbocycles. The Morgan fingerprint density at radius 3 is 2.27 bits per heavy atom. The molecule has 2 N–H and O–H groups in total. The van der Waals surface area contributed by atoms with Gasteiger partial charge in [-0.2, -0.15) is 13.2 Å². The molecule has 0 aromatic heterocycles. The smallest absolute Gasteiger partial charge is 0.440 e. The van der Waals surface area contributed by atoms with Gasteiger partial charge >= 0.3 is 18.3 Å². The summed E-state index contributed by atoms with van der Waals surface area (Å²) in [5.41, 5.74) is -4.22. The van der Waals surface area contributed by atoms with E-state index < -0.39 is 35.5 Å². The number of halogens is 3. The number of rotatable bonds is 3. The summed E-state index contributed by atoms with van der Waals surface area (Å²) in [4.78, 5) is 36.7. The third-order valence-corrected chi connectivity index (χ3v) is 3.40. The van der Waals surface area contributed by atoms with Crippen LogP contribution in [0.1, 0.15) is 26.3 Å². The largest absolute Gasteiger partial charge is 0.444 e. The molecule has 0 aliphatic carbocycles. The lowest BCUT2D eigenvalue weighted by molar-refractivity contribution is -0.201. The van der Waals surface area contributed by atoms with Crippen molar-refractivity contribution in [2.75, 3.05) is 0 Å². The van der Waals surface area contributed by atoms with Gasteiger partial charge in [-0.25, -0.2) is 9.59 Å². The van der Waals surface area contributed by atoms with Crippen LogP contribution >= 0.6 is 0 Å². The number of ether oxygens (including phenoxy) is 1. The van der Waals surface area contributed by atoms with Crippen molar-refractivity contribution in [3.8, 4) is 0 Å². The molecule has 1 atom stereocenters. The Balaban J connectivity index is 2.31. The van der Waals surface area contributed by atoms with Crippen molar-refractivity contribution >= 4 is 18.0 Å². The Morgan fingerprint density at radius 1 is 1.19 bits per heavy atom. The number of alkyl carbamates (subject to hydrolysis) is 1. The lowest BCUT2D eigenvalue weighted by Gasteiger charge is -2.31. The number of amides is 4. The van der Waals surface area contributed by atoms with Crippen molar-refractivity contribution in [3.05, 3.63) is 35.9 Å². The number of nitrogens with one attached hydrogen (secondary N) is 2. The molecule has 1 heterocycles. The molecule has 0 spiro atoms. The number of carbonyl (C=O) groups is 3. The molecule has 7 nitrogen and oxygen atoms in total. The number of benzene rings is 1. The van der Waals surface area contributed by atoms with Crippen LogP contribution in [0.5, 0.6) is 0 Å².